The van der Waals surface area contributed by atoms with Crippen LogP contribution in [0.1, 0.15) is 16.8 Å². The molecule has 1 atom stereocenters. The van der Waals surface area contributed by atoms with Gasteiger partial charge < -0.3 is 9.84 Å². The summed E-state index contributed by atoms with van der Waals surface area (Å²) in [6.45, 7) is -3.24. The zero-order chi connectivity index (χ0) is 14.5. The van der Waals surface area contributed by atoms with Crippen molar-refractivity contribution >= 4 is 28.4 Å². The van der Waals surface area contributed by atoms with Gasteiger partial charge in [-0.3, -0.25) is 0 Å². The molecule has 8 heteroatoms. The zero-order valence-electron chi connectivity index (χ0n) is 10.3. The Bertz CT molecular complexity index is 580. The van der Waals surface area contributed by atoms with Gasteiger partial charge in [0, 0.05) is 23.9 Å². The largest absolute Gasteiger partial charge is 0.434 e. The number of aliphatic hydroxyl groups excluding tert-OH is 1. The third-order valence-electron chi connectivity index (χ3n) is 2.70. The van der Waals surface area contributed by atoms with E-state index in [0.29, 0.717) is 18.4 Å². The number of rotatable bonds is 6. The van der Waals surface area contributed by atoms with Crippen LogP contribution in [0.15, 0.2) is 30.5 Å². The lowest BCUT2D eigenvalue weighted by atomic mass is 10.1. The van der Waals surface area contributed by atoms with Crippen molar-refractivity contribution in [2.24, 2.45) is 0 Å². The first-order valence-electron chi connectivity index (χ1n) is 5.71. The van der Waals surface area contributed by atoms with E-state index in [1.54, 1.807) is 18.3 Å². The third-order valence-corrected chi connectivity index (χ3v) is 4.63. The van der Waals surface area contributed by atoms with Crippen molar-refractivity contribution in [1.82, 2.24) is 9.55 Å². The average molecular weight is 412 g/mol. The highest BCUT2D eigenvalue weighted by atomic mass is 127. The Hall–Kier alpha value is -0.790. The first-order valence-corrected chi connectivity index (χ1v) is 9.77. The van der Waals surface area contributed by atoms with E-state index < -0.39 is 6.61 Å². The van der Waals surface area contributed by atoms with Crippen molar-refractivity contribution in [2.75, 3.05) is 0 Å². The summed E-state index contributed by atoms with van der Waals surface area (Å²) >= 11 is 2.24. The summed E-state index contributed by atoms with van der Waals surface area (Å²) in [4.78, 5) is 0. The van der Waals surface area contributed by atoms with Crippen LogP contribution in [0.3, 0.4) is 0 Å². The molecule has 0 aliphatic rings. The Morgan fingerprint density at radius 3 is 2.85 bits per heavy atom. The van der Waals surface area contributed by atoms with E-state index in [0.717, 1.165) is 11.3 Å². The fraction of sp³-hybridized carbons (Fsp3) is 0.250. The molecule has 0 bridgehead atoms. The summed E-state index contributed by atoms with van der Waals surface area (Å²) in [7, 11) is 0. The van der Waals surface area contributed by atoms with Gasteiger partial charge in [0.25, 0.3) is 0 Å². The summed E-state index contributed by atoms with van der Waals surface area (Å²) in [5, 5.41) is 13.4. The predicted octanol–water partition coefficient (Wildman–Crippen LogP) is 3.36. The van der Waals surface area contributed by atoms with E-state index >= 15 is 0 Å². The fourth-order valence-corrected chi connectivity index (χ4v) is 3.50. The number of aromatic nitrogens is 2. The summed E-state index contributed by atoms with van der Waals surface area (Å²) in [5.74, 6) is 0.00974. The highest BCUT2D eigenvalue weighted by Gasteiger charge is 2.11. The van der Waals surface area contributed by atoms with Crippen LogP contribution in [-0.2, 0) is 13.0 Å². The number of hydrogen-bond donors (Lipinski definition) is 1. The number of hydrogen-bond acceptors (Lipinski definition) is 3. The average Bonchev–Trinajstić information content (AvgIpc) is 2.87. The summed E-state index contributed by atoms with van der Waals surface area (Å²) in [5.41, 5.74) is 2.29. The molecule has 20 heavy (non-hydrogen) atoms. The Balaban J connectivity index is 2.21. The van der Waals surface area contributed by atoms with Crippen LogP contribution in [-0.4, -0.2) is 21.3 Å². The standard InChI is InChI=1S/C12H12F2IN2O2P/c13-12(14)19-11-2-1-8(5-9(11)7-18)6-10-3-4-16-17(10)20-15/h1-5,12,18,20H,6-7H2. The maximum Gasteiger partial charge on any atom is 0.387 e. The van der Waals surface area contributed by atoms with E-state index in [1.807, 2.05) is 10.5 Å². The molecule has 108 valence electrons. The van der Waals surface area contributed by atoms with Crippen molar-refractivity contribution in [3.8, 4) is 5.75 Å². The van der Waals surface area contributed by atoms with Gasteiger partial charge in [0.1, 0.15) is 5.75 Å². The van der Waals surface area contributed by atoms with E-state index in [9.17, 15) is 13.9 Å². The number of nitrogens with zero attached hydrogens (tertiary/aromatic N) is 2. The molecule has 0 spiro atoms. The number of halogens is 3. The molecule has 2 rings (SSSR count). The SMILES string of the molecule is OCc1cc(Cc2ccnn2PI)ccc1OC(F)F. The van der Waals surface area contributed by atoms with Crippen molar-refractivity contribution < 1.29 is 18.6 Å². The van der Waals surface area contributed by atoms with Crippen molar-refractivity contribution in [3.63, 3.8) is 0 Å². The molecule has 0 fully saturated rings. The first-order chi connectivity index (χ1) is 9.63. The smallest absolute Gasteiger partial charge is 0.387 e. The van der Waals surface area contributed by atoms with Gasteiger partial charge >= 0.3 is 6.61 Å². The van der Waals surface area contributed by atoms with Crippen molar-refractivity contribution in [3.05, 3.63) is 47.3 Å². The molecule has 0 saturated heterocycles. The number of alkyl halides is 2. The van der Waals surface area contributed by atoms with Gasteiger partial charge in [0.05, 0.1) is 13.0 Å². The Labute approximate surface area is 129 Å². The van der Waals surface area contributed by atoms with Gasteiger partial charge in [-0.15, -0.1) is 0 Å². The molecule has 4 nitrogen and oxygen atoms in total. The van der Waals surface area contributed by atoms with Crippen LogP contribution in [0.2, 0.25) is 0 Å². The molecule has 1 N–H and O–H groups in total. The van der Waals surface area contributed by atoms with Gasteiger partial charge in [0.2, 0.25) is 0 Å². The minimum Gasteiger partial charge on any atom is -0.434 e. The van der Waals surface area contributed by atoms with Crippen LogP contribution in [0, 0.1) is 0 Å². The first kappa shape index (κ1) is 15.6. The Morgan fingerprint density at radius 2 is 2.20 bits per heavy atom. The number of ether oxygens (including phenoxy) is 1. The minimum atomic E-state index is -2.90. The molecule has 0 amide bonds. The molecule has 0 aliphatic heterocycles. The molecule has 2 aromatic rings. The van der Waals surface area contributed by atoms with E-state index in [2.05, 4.69) is 31.9 Å². The maximum absolute atomic E-state index is 12.2. The maximum atomic E-state index is 12.2. The molecular weight excluding hydrogens is 400 g/mol. The normalized spacial score (nSPS) is 11.7. The second-order valence-electron chi connectivity index (χ2n) is 3.97. The fourth-order valence-electron chi connectivity index (χ4n) is 1.83. The molecule has 1 aromatic carbocycles. The van der Waals surface area contributed by atoms with Gasteiger partial charge in [-0.05, 0) is 45.8 Å². The molecule has 0 radical (unpaired) electrons. The van der Waals surface area contributed by atoms with E-state index in [-0.39, 0.29) is 12.4 Å². The minimum absolute atomic E-state index is 0.00974. The van der Waals surface area contributed by atoms with Crippen LogP contribution >= 0.6 is 28.4 Å². The molecule has 1 aromatic heterocycles. The number of benzene rings is 1. The Morgan fingerprint density at radius 1 is 1.40 bits per heavy atom. The topological polar surface area (TPSA) is 47.3 Å². The lowest BCUT2D eigenvalue weighted by molar-refractivity contribution is -0.0509. The van der Waals surface area contributed by atoms with Crippen molar-refractivity contribution in [2.45, 2.75) is 19.6 Å². The second kappa shape index (κ2) is 7.28. The van der Waals surface area contributed by atoms with Gasteiger partial charge in [0.15, 0.2) is 0 Å². The molecule has 0 saturated carbocycles. The van der Waals surface area contributed by atoms with Crippen LogP contribution in [0.5, 0.6) is 5.75 Å². The van der Waals surface area contributed by atoms with Crippen LogP contribution in [0.4, 0.5) is 8.78 Å². The zero-order valence-corrected chi connectivity index (χ0v) is 13.4. The summed E-state index contributed by atoms with van der Waals surface area (Å²) in [6.07, 6.45) is 2.85. The van der Waals surface area contributed by atoms with Gasteiger partial charge in [-0.1, -0.05) is 6.07 Å². The van der Waals surface area contributed by atoms with E-state index in [1.165, 1.54) is 6.07 Å². The third kappa shape index (κ3) is 3.86. The van der Waals surface area contributed by atoms with Gasteiger partial charge in [-0.2, -0.15) is 13.9 Å². The van der Waals surface area contributed by atoms with Gasteiger partial charge in [-0.25, -0.2) is 4.45 Å². The van der Waals surface area contributed by atoms with E-state index in [4.69, 9.17) is 0 Å². The number of aliphatic hydroxyl groups is 1. The Kier molecular flexibility index (Phi) is 5.68. The lowest BCUT2D eigenvalue weighted by Gasteiger charge is -2.11. The van der Waals surface area contributed by atoms with Crippen LogP contribution < -0.4 is 4.74 Å². The molecule has 1 unspecified atom stereocenters. The molecular formula is C12H12F2IN2O2P. The summed E-state index contributed by atoms with van der Waals surface area (Å²) in [6, 6.07) is 6.75. The van der Waals surface area contributed by atoms with Crippen molar-refractivity contribution in [1.29, 1.82) is 0 Å². The quantitative estimate of drug-likeness (QED) is 0.585. The predicted molar refractivity (Wildman–Crippen MR) is 81.8 cm³/mol. The lowest BCUT2D eigenvalue weighted by Crippen LogP contribution is -2.05. The van der Waals surface area contributed by atoms with Crippen LogP contribution in [0.25, 0.3) is 0 Å². The monoisotopic (exact) mass is 412 g/mol. The highest BCUT2D eigenvalue weighted by Crippen LogP contribution is 2.27. The second-order valence-corrected chi connectivity index (χ2v) is 6.01. The summed E-state index contributed by atoms with van der Waals surface area (Å²) < 4.78 is 30.7. The molecule has 0 aliphatic carbocycles. The molecule has 1 heterocycles. The highest BCUT2D eigenvalue weighted by molar-refractivity contribution is 14.2.